The number of pyridine rings is 2. The molecular weight excluding hydrogens is 793 g/mol. The molecule has 9 nitrogen and oxygen atoms in total. The zero-order valence-electron chi connectivity index (χ0n) is 26.2. The maximum atomic E-state index is 11.4. The van der Waals surface area contributed by atoms with E-state index in [1.54, 1.807) is 36.9 Å². The van der Waals surface area contributed by atoms with Crippen molar-refractivity contribution in [3.05, 3.63) is 185 Å². The molecule has 49 heavy (non-hydrogen) atoms. The minimum atomic E-state index is -0.447. The number of aromatic nitrogens is 3. The minimum Gasteiger partial charge on any atom is -0.664 e. The predicted molar refractivity (Wildman–Crippen MR) is 189 cm³/mol. The third kappa shape index (κ3) is 10.3. The molecule has 3 aromatic heterocycles. The van der Waals surface area contributed by atoms with E-state index >= 15 is 0 Å². The molecule has 0 bridgehead atoms. The number of aliphatic hydroxyl groups excluding tert-OH is 1. The Balaban J connectivity index is 0.000000181. The van der Waals surface area contributed by atoms with E-state index in [9.17, 15) is 10.1 Å². The van der Waals surface area contributed by atoms with E-state index in [4.69, 9.17) is 5.11 Å². The summed E-state index contributed by atoms with van der Waals surface area (Å²) in [4.78, 5) is 28.0. The first-order valence-electron chi connectivity index (χ1n) is 15.1. The Hall–Kier alpha value is -5.80. The Morgan fingerprint density at radius 2 is 1.49 bits per heavy atom. The van der Waals surface area contributed by atoms with Crippen LogP contribution in [0.3, 0.4) is 0 Å². The Bertz CT molecular complexity index is 1800. The SMILES string of the molecule is O=[N+]([O-])c1cc(/C(=C2\C=CC=N2)c2ccc[n-]2)ccc1NCCO.[Ir+3].[c-]1ccccc1-c1ccccn1.[c-]1ccccc1-c1ccccn1. The number of hydrogen-bond acceptors (Lipinski definition) is 7. The van der Waals surface area contributed by atoms with Crippen molar-refractivity contribution in [3.63, 3.8) is 0 Å². The molecule has 0 radical (unpaired) electrons. The van der Waals surface area contributed by atoms with Crippen LogP contribution in [0.2, 0.25) is 0 Å². The molecule has 0 saturated heterocycles. The molecule has 0 spiro atoms. The van der Waals surface area contributed by atoms with Gasteiger partial charge in [-0.15, -0.1) is 77.5 Å². The van der Waals surface area contributed by atoms with Gasteiger partial charge in [-0.2, -0.15) is 6.20 Å². The van der Waals surface area contributed by atoms with Crippen molar-refractivity contribution in [2.24, 2.45) is 4.99 Å². The van der Waals surface area contributed by atoms with Crippen molar-refractivity contribution < 1.29 is 30.1 Å². The summed E-state index contributed by atoms with van der Waals surface area (Å²) in [6.07, 6.45) is 10.6. The Labute approximate surface area is 298 Å². The van der Waals surface area contributed by atoms with Gasteiger partial charge >= 0.3 is 20.1 Å². The van der Waals surface area contributed by atoms with Gasteiger partial charge < -0.3 is 25.4 Å². The maximum absolute atomic E-state index is 11.4. The summed E-state index contributed by atoms with van der Waals surface area (Å²) >= 11 is 0. The first-order valence-corrected chi connectivity index (χ1v) is 15.1. The van der Waals surface area contributed by atoms with Crippen molar-refractivity contribution in [2.75, 3.05) is 18.5 Å². The van der Waals surface area contributed by atoms with E-state index in [2.05, 4.69) is 37.4 Å². The monoisotopic (exact) mass is 824 g/mol. The smallest absolute Gasteiger partial charge is 0.664 e. The van der Waals surface area contributed by atoms with Crippen LogP contribution in [0.15, 0.2) is 157 Å². The summed E-state index contributed by atoms with van der Waals surface area (Å²) in [5, 5.41) is 23.1. The molecule has 10 heteroatoms. The van der Waals surface area contributed by atoms with Gasteiger partial charge in [-0.25, -0.2) is 0 Å². The fourth-order valence-corrected chi connectivity index (χ4v) is 4.65. The van der Waals surface area contributed by atoms with Gasteiger partial charge in [0.05, 0.1) is 17.2 Å². The molecule has 0 fully saturated rings. The Kier molecular flexibility index (Phi) is 14.1. The van der Waals surface area contributed by atoms with Crippen molar-refractivity contribution in [2.45, 2.75) is 0 Å². The molecule has 2 N–H and O–H groups in total. The van der Waals surface area contributed by atoms with Gasteiger partial charge in [-0.05, 0) is 52.9 Å². The van der Waals surface area contributed by atoms with Gasteiger partial charge in [0, 0.05) is 31.2 Å². The molecular formula is C39H31IrN6O3. The van der Waals surface area contributed by atoms with Gasteiger partial charge in [0.2, 0.25) is 0 Å². The van der Waals surface area contributed by atoms with Crippen LogP contribution < -0.4 is 10.3 Å². The van der Waals surface area contributed by atoms with Gasteiger partial charge in [-0.1, -0.05) is 42.5 Å². The van der Waals surface area contributed by atoms with E-state index in [1.807, 2.05) is 109 Å². The summed E-state index contributed by atoms with van der Waals surface area (Å²) < 4.78 is 0. The number of rotatable bonds is 8. The third-order valence-corrected chi connectivity index (χ3v) is 6.83. The number of nitro benzene ring substituents is 1. The third-order valence-electron chi connectivity index (χ3n) is 6.83. The second-order valence-electron chi connectivity index (χ2n) is 10.0. The molecule has 0 amide bonds. The van der Waals surface area contributed by atoms with Crippen LogP contribution >= 0.6 is 0 Å². The number of nitrogens with zero attached hydrogens (tertiary/aromatic N) is 5. The van der Waals surface area contributed by atoms with E-state index < -0.39 is 4.92 Å². The molecule has 4 heterocycles. The van der Waals surface area contributed by atoms with Gasteiger partial charge in [0.15, 0.2) is 0 Å². The van der Waals surface area contributed by atoms with Gasteiger partial charge in [0.25, 0.3) is 5.69 Å². The van der Waals surface area contributed by atoms with E-state index in [0.29, 0.717) is 22.6 Å². The predicted octanol–water partition coefficient (Wildman–Crippen LogP) is 7.45. The van der Waals surface area contributed by atoms with Gasteiger partial charge in [-0.3, -0.25) is 15.1 Å². The molecule has 1 aliphatic rings. The van der Waals surface area contributed by atoms with Crippen molar-refractivity contribution in [1.29, 1.82) is 0 Å². The second kappa shape index (κ2) is 19.1. The standard InChI is InChI=1S/C17H15N4O3.2C11H8N.Ir/c22-10-9-20-13-6-5-12(11-16(13)21(23)24)17(14-3-1-7-18-14)15-4-2-8-19-15;2*1-2-6-10(7-3-1)11-8-4-5-9-12-11;/h1-8,11,20,22H,9-10H2;2*1-6,8-9H;/q3*-1;+3/b17-14-;;;. The molecule has 6 aromatic rings. The van der Waals surface area contributed by atoms with Crippen LogP contribution in [0.25, 0.3) is 28.1 Å². The summed E-state index contributed by atoms with van der Waals surface area (Å²) in [7, 11) is 0. The number of aliphatic hydroxyl groups is 1. The van der Waals surface area contributed by atoms with Crippen LogP contribution in [0, 0.1) is 22.2 Å². The number of aliphatic imine (C=N–C) groups is 1. The van der Waals surface area contributed by atoms with Gasteiger partial charge in [0.1, 0.15) is 5.69 Å². The zero-order valence-corrected chi connectivity index (χ0v) is 28.6. The summed E-state index contributed by atoms with van der Waals surface area (Å²) in [6, 6.07) is 42.2. The summed E-state index contributed by atoms with van der Waals surface area (Å²) in [5.41, 5.74) is 7.14. The minimum absolute atomic E-state index is 0. The number of nitro groups is 1. The van der Waals surface area contributed by atoms with Crippen LogP contribution in [-0.4, -0.2) is 39.4 Å². The Morgan fingerprint density at radius 3 is 1.96 bits per heavy atom. The molecule has 0 saturated carbocycles. The van der Waals surface area contributed by atoms with Crippen molar-refractivity contribution in [1.82, 2.24) is 15.0 Å². The number of nitrogens with one attached hydrogen (secondary N) is 1. The van der Waals surface area contributed by atoms with E-state index in [1.165, 1.54) is 6.07 Å². The molecule has 0 unspecified atom stereocenters. The van der Waals surface area contributed by atoms with Crippen LogP contribution in [0.1, 0.15) is 11.3 Å². The first kappa shape index (κ1) is 36.0. The van der Waals surface area contributed by atoms with E-state index in [-0.39, 0.29) is 38.9 Å². The normalized spacial score (nSPS) is 12.0. The molecule has 0 aliphatic carbocycles. The number of hydrogen-bond donors (Lipinski definition) is 2. The van der Waals surface area contributed by atoms with Crippen molar-refractivity contribution >= 4 is 23.2 Å². The molecule has 244 valence electrons. The largest absolute Gasteiger partial charge is 3.00 e. The number of allylic oxidation sites excluding steroid dienone is 2. The Morgan fingerprint density at radius 1 is 0.837 bits per heavy atom. The fraction of sp³-hybridized carbons (Fsp3) is 0.0513. The van der Waals surface area contributed by atoms with Crippen LogP contribution in [0.4, 0.5) is 11.4 Å². The first-order chi connectivity index (χ1) is 23.6. The zero-order chi connectivity index (χ0) is 33.4. The molecule has 3 aromatic carbocycles. The fourth-order valence-electron chi connectivity index (χ4n) is 4.65. The summed E-state index contributed by atoms with van der Waals surface area (Å²) in [6.45, 7) is 0.136. The quantitative estimate of drug-likeness (QED) is 0.0928. The number of benzene rings is 3. The topological polar surface area (TPSA) is 128 Å². The molecule has 7 rings (SSSR count). The number of anilines is 1. The second-order valence-corrected chi connectivity index (χ2v) is 10.0. The van der Waals surface area contributed by atoms with E-state index in [0.717, 1.165) is 28.1 Å². The van der Waals surface area contributed by atoms with Crippen LogP contribution in [-0.2, 0) is 20.1 Å². The molecule has 1 aliphatic heterocycles. The average molecular weight is 824 g/mol. The summed E-state index contributed by atoms with van der Waals surface area (Å²) in [5.74, 6) is 0. The molecule has 0 atom stereocenters. The maximum Gasteiger partial charge on any atom is 3.00 e. The van der Waals surface area contributed by atoms with Crippen LogP contribution in [0.5, 0.6) is 0 Å². The average Bonchev–Trinajstić information content (AvgIpc) is 3.89. The van der Waals surface area contributed by atoms with Crippen molar-refractivity contribution in [3.8, 4) is 22.5 Å².